The first-order chi connectivity index (χ1) is 16.8. The SMILES string of the molecule is CCOC(=O)C1=C(C)N=c2s/c(=C3\C(=O)N(C(C)=O)c4ccccc43)c(=O)n2[C@H]1c1ccccc1. The zero-order chi connectivity index (χ0) is 24.9. The van der Waals surface area contributed by atoms with Gasteiger partial charge in [-0.2, -0.15) is 0 Å². The second kappa shape index (κ2) is 8.59. The molecule has 3 heterocycles. The fourth-order valence-corrected chi connectivity index (χ4v) is 5.68. The van der Waals surface area contributed by atoms with Crippen LogP contribution < -0.4 is 19.8 Å². The van der Waals surface area contributed by atoms with Gasteiger partial charge in [0.15, 0.2) is 4.80 Å². The van der Waals surface area contributed by atoms with E-state index in [9.17, 15) is 19.2 Å². The van der Waals surface area contributed by atoms with Crippen molar-refractivity contribution in [1.29, 1.82) is 0 Å². The molecule has 2 aliphatic heterocycles. The van der Waals surface area contributed by atoms with Crippen molar-refractivity contribution in [2.75, 3.05) is 11.5 Å². The molecule has 0 radical (unpaired) electrons. The van der Waals surface area contributed by atoms with Gasteiger partial charge in [0, 0.05) is 12.5 Å². The second-order valence-electron chi connectivity index (χ2n) is 8.09. The van der Waals surface area contributed by atoms with E-state index in [4.69, 9.17) is 4.74 Å². The zero-order valence-corrected chi connectivity index (χ0v) is 20.1. The molecule has 0 bridgehead atoms. The van der Waals surface area contributed by atoms with Crippen molar-refractivity contribution in [3.8, 4) is 0 Å². The molecule has 0 unspecified atom stereocenters. The van der Waals surface area contributed by atoms with E-state index in [1.807, 2.05) is 30.3 Å². The number of rotatable bonds is 3. The van der Waals surface area contributed by atoms with Gasteiger partial charge >= 0.3 is 5.97 Å². The van der Waals surface area contributed by atoms with Gasteiger partial charge in [-0.3, -0.25) is 19.0 Å². The standard InChI is InChI=1S/C26H21N3O5S/c1-4-34-25(33)19-14(2)27-26-29(21(19)16-10-6-5-7-11-16)24(32)22(35-26)20-17-12-8-9-13-18(17)28(15(3)30)23(20)31/h5-13,21H,4H2,1-3H3/b22-20-/t21-/m0/s1. The van der Waals surface area contributed by atoms with Gasteiger partial charge < -0.3 is 4.74 Å². The van der Waals surface area contributed by atoms with Crippen LogP contribution in [0.25, 0.3) is 5.57 Å². The number of anilines is 1. The number of amides is 2. The molecular formula is C26H21N3O5S. The minimum Gasteiger partial charge on any atom is -0.463 e. The van der Waals surface area contributed by atoms with Crippen molar-refractivity contribution >= 4 is 40.4 Å². The Labute approximate surface area is 204 Å². The topological polar surface area (TPSA) is 98.0 Å². The molecule has 2 amide bonds. The molecule has 0 N–H and O–H groups in total. The van der Waals surface area contributed by atoms with E-state index >= 15 is 0 Å². The van der Waals surface area contributed by atoms with Crippen LogP contribution in [0.1, 0.15) is 37.9 Å². The van der Waals surface area contributed by atoms with Crippen molar-refractivity contribution in [3.63, 3.8) is 0 Å². The molecule has 0 fully saturated rings. The van der Waals surface area contributed by atoms with Crippen LogP contribution >= 0.6 is 11.3 Å². The van der Waals surface area contributed by atoms with Crippen LogP contribution in [0.5, 0.6) is 0 Å². The maximum atomic E-state index is 13.9. The number of hydrogen-bond donors (Lipinski definition) is 0. The molecule has 1 atom stereocenters. The van der Waals surface area contributed by atoms with E-state index in [1.165, 1.54) is 11.5 Å². The molecule has 0 aliphatic carbocycles. The average Bonchev–Trinajstić information content (AvgIpc) is 3.31. The van der Waals surface area contributed by atoms with Crippen LogP contribution in [0.15, 0.2) is 75.7 Å². The van der Waals surface area contributed by atoms with Crippen molar-refractivity contribution in [3.05, 3.63) is 96.7 Å². The van der Waals surface area contributed by atoms with Crippen LogP contribution in [0.3, 0.4) is 0 Å². The highest BCUT2D eigenvalue weighted by Gasteiger charge is 2.38. The predicted octanol–water partition coefficient (Wildman–Crippen LogP) is 2.06. The lowest BCUT2D eigenvalue weighted by atomic mass is 9.96. The van der Waals surface area contributed by atoms with Crippen LogP contribution in [-0.4, -0.2) is 29.0 Å². The molecule has 35 heavy (non-hydrogen) atoms. The Balaban J connectivity index is 1.84. The first-order valence-corrected chi connectivity index (χ1v) is 11.9. The third-order valence-electron chi connectivity index (χ3n) is 5.98. The Morgan fingerprint density at radius 1 is 1.06 bits per heavy atom. The van der Waals surface area contributed by atoms with Gasteiger partial charge in [0.25, 0.3) is 11.5 Å². The van der Waals surface area contributed by atoms with Crippen molar-refractivity contribution < 1.29 is 19.1 Å². The summed E-state index contributed by atoms with van der Waals surface area (Å²) in [7, 11) is 0. The van der Waals surface area contributed by atoms with E-state index in [0.717, 1.165) is 16.2 Å². The van der Waals surface area contributed by atoms with Gasteiger partial charge in [0.05, 0.1) is 35.2 Å². The van der Waals surface area contributed by atoms with E-state index in [0.29, 0.717) is 27.3 Å². The Morgan fingerprint density at radius 3 is 2.43 bits per heavy atom. The fourth-order valence-electron chi connectivity index (χ4n) is 4.54. The summed E-state index contributed by atoms with van der Waals surface area (Å²) in [6.45, 7) is 4.91. The van der Waals surface area contributed by atoms with Gasteiger partial charge in [-0.05, 0) is 25.5 Å². The lowest BCUT2D eigenvalue weighted by Crippen LogP contribution is -2.41. The monoisotopic (exact) mass is 487 g/mol. The molecule has 2 aliphatic rings. The summed E-state index contributed by atoms with van der Waals surface area (Å²) in [5.74, 6) is -1.54. The summed E-state index contributed by atoms with van der Waals surface area (Å²) in [6.07, 6.45) is 0. The minimum atomic E-state index is -0.767. The number of imide groups is 1. The van der Waals surface area contributed by atoms with E-state index < -0.39 is 29.4 Å². The minimum absolute atomic E-state index is 0.157. The number of fused-ring (bicyclic) bond motifs is 2. The summed E-state index contributed by atoms with van der Waals surface area (Å²) in [6, 6.07) is 15.3. The molecule has 0 saturated heterocycles. The third-order valence-corrected chi connectivity index (χ3v) is 7.03. The third kappa shape index (κ3) is 3.47. The first kappa shape index (κ1) is 22.7. The zero-order valence-electron chi connectivity index (χ0n) is 19.3. The molecule has 3 aromatic rings. The fraction of sp³-hybridized carbons (Fsp3) is 0.192. The second-order valence-corrected chi connectivity index (χ2v) is 9.06. The molecule has 8 nitrogen and oxygen atoms in total. The van der Waals surface area contributed by atoms with Crippen molar-refractivity contribution in [2.45, 2.75) is 26.8 Å². The number of carbonyl (C=O) groups excluding carboxylic acids is 3. The van der Waals surface area contributed by atoms with Crippen LogP contribution in [0, 0.1) is 0 Å². The summed E-state index contributed by atoms with van der Waals surface area (Å²) in [5, 5.41) is 0. The molecule has 5 rings (SSSR count). The average molecular weight is 488 g/mol. The number of allylic oxidation sites excluding steroid dienone is 1. The number of aromatic nitrogens is 1. The highest BCUT2D eigenvalue weighted by Crippen LogP contribution is 2.35. The van der Waals surface area contributed by atoms with Gasteiger partial charge in [-0.25, -0.2) is 14.7 Å². The summed E-state index contributed by atoms with van der Waals surface area (Å²) < 4.78 is 6.91. The number of hydrogen-bond acceptors (Lipinski definition) is 7. The lowest BCUT2D eigenvalue weighted by Gasteiger charge is -2.24. The quantitative estimate of drug-likeness (QED) is 0.527. The number of ether oxygens (including phenoxy) is 1. The number of carbonyl (C=O) groups is 3. The maximum absolute atomic E-state index is 13.9. The number of nitrogens with zero attached hydrogens (tertiary/aromatic N) is 3. The van der Waals surface area contributed by atoms with Gasteiger partial charge in [-0.15, -0.1) is 0 Å². The number of thiazole rings is 1. The van der Waals surface area contributed by atoms with Crippen molar-refractivity contribution in [1.82, 2.24) is 4.57 Å². The summed E-state index contributed by atoms with van der Waals surface area (Å²) >= 11 is 1.07. The van der Waals surface area contributed by atoms with Gasteiger partial charge in [-0.1, -0.05) is 59.9 Å². The van der Waals surface area contributed by atoms with Gasteiger partial charge in [0.1, 0.15) is 4.53 Å². The maximum Gasteiger partial charge on any atom is 0.338 e. The highest BCUT2D eigenvalue weighted by molar-refractivity contribution is 7.07. The Morgan fingerprint density at radius 2 is 1.74 bits per heavy atom. The molecule has 0 spiro atoms. The van der Waals surface area contributed by atoms with E-state index in [2.05, 4.69) is 4.99 Å². The summed E-state index contributed by atoms with van der Waals surface area (Å²) in [5.41, 5.74) is 2.07. The van der Waals surface area contributed by atoms with E-state index in [-0.39, 0.29) is 22.3 Å². The number of esters is 1. The number of benzene rings is 2. The molecule has 9 heteroatoms. The summed E-state index contributed by atoms with van der Waals surface area (Å²) in [4.78, 5) is 58.5. The molecule has 1 aromatic heterocycles. The Bertz CT molecular complexity index is 1610. The molecule has 2 aromatic carbocycles. The Kier molecular flexibility index (Phi) is 5.56. The van der Waals surface area contributed by atoms with Crippen LogP contribution in [0.2, 0.25) is 0 Å². The Hall–Kier alpha value is -4.11. The first-order valence-electron chi connectivity index (χ1n) is 11.1. The van der Waals surface area contributed by atoms with Gasteiger partial charge in [0.2, 0.25) is 5.91 Å². The van der Waals surface area contributed by atoms with Crippen LogP contribution in [0.4, 0.5) is 5.69 Å². The highest BCUT2D eigenvalue weighted by atomic mass is 32.1. The van der Waals surface area contributed by atoms with Crippen molar-refractivity contribution in [2.24, 2.45) is 4.99 Å². The number of para-hydroxylation sites is 1. The normalized spacial score (nSPS) is 18.2. The molecule has 176 valence electrons. The molecule has 0 saturated carbocycles. The van der Waals surface area contributed by atoms with Crippen LogP contribution in [-0.2, 0) is 19.1 Å². The lowest BCUT2D eigenvalue weighted by molar-refractivity contribution is -0.139. The smallest absolute Gasteiger partial charge is 0.338 e. The largest absolute Gasteiger partial charge is 0.463 e. The molecular weight excluding hydrogens is 466 g/mol. The van der Waals surface area contributed by atoms with E-state index in [1.54, 1.807) is 38.1 Å². The predicted molar refractivity (Wildman–Crippen MR) is 130 cm³/mol.